The molecule has 7 aromatic rings. The molecule has 0 unspecified atom stereocenters. The summed E-state index contributed by atoms with van der Waals surface area (Å²) in [5.74, 6) is 0. The minimum atomic E-state index is 0.743. The predicted molar refractivity (Wildman–Crippen MR) is 179 cm³/mol. The maximum Gasteiger partial charge on any atom is 0.160 e. The highest BCUT2D eigenvalue weighted by atomic mass is 32.1. The molecule has 0 fully saturated rings. The topological polar surface area (TPSA) is 33.2 Å². The Morgan fingerprint density at radius 2 is 1.12 bits per heavy atom. The van der Waals surface area contributed by atoms with Crippen LogP contribution in [0.25, 0.3) is 42.9 Å². The third-order valence-electron chi connectivity index (χ3n) is 7.34. The largest absolute Gasteiger partial charge is 0.311 e. The number of anilines is 3. The van der Waals surface area contributed by atoms with Crippen molar-refractivity contribution in [2.24, 2.45) is 0 Å². The van der Waals surface area contributed by atoms with E-state index in [0.717, 1.165) is 65.9 Å². The number of rotatable bonds is 7. The van der Waals surface area contributed by atoms with Gasteiger partial charge < -0.3 is 4.90 Å². The zero-order valence-electron chi connectivity index (χ0n) is 22.9. The molecule has 3 nitrogen and oxygen atoms in total. The molecule has 0 atom stereocenters. The number of hydrogen-bond acceptors (Lipinski definition) is 5. The summed E-state index contributed by atoms with van der Waals surface area (Å²) in [6.45, 7) is 2.07. The number of nitrogens with zero attached hydrogens (tertiary/aromatic N) is 2. The molecule has 2 heterocycles. The highest BCUT2D eigenvalue weighted by Crippen LogP contribution is 2.41. The van der Waals surface area contributed by atoms with Gasteiger partial charge >= 0.3 is 0 Å². The molecule has 0 amide bonds. The standard InChI is InChI=1S/C37H26N2OS2/c1-25-38-36-33(21-22-34(37(36)41-25)27-12-14-28(15-13-27)35-23-20-32(24-40)42-35)26-16-18-31(19-17-26)39(29-8-4-2-5-9-29)30-10-6-3-7-11-30/h2-24H,1H3. The summed E-state index contributed by atoms with van der Waals surface area (Å²) < 4.78 is 1.19. The Morgan fingerprint density at radius 3 is 1.74 bits per heavy atom. The number of para-hydroxylation sites is 2. The van der Waals surface area contributed by atoms with Gasteiger partial charge in [-0.1, -0.05) is 84.9 Å². The maximum absolute atomic E-state index is 11.1. The molecule has 202 valence electrons. The molecule has 0 bridgehead atoms. The Balaban J connectivity index is 1.24. The highest BCUT2D eigenvalue weighted by molar-refractivity contribution is 7.19. The quantitative estimate of drug-likeness (QED) is 0.176. The van der Waals surface area contributed by atoms with E-state index in [-0.39, 0.29) is 0 Å². The second kappa shape index (κ2) is 11.2. The molecular formula is C37H26N2OS2. The molecule has 5 aromatic carbocycles. The van der Waals surface area contributed by atoms with Gasteiger partial charge in [-0.2, -0.15) is 0 Å². The monoisotopic (exact) mass is 578 g/mol. The van der Waals surface area contributed by atoms with E-state index in [9.17, 15) is 4.79 Å². The van der Waals surface area contributed by atoms with Crippen LogP contribution in [-0.2, 0) is 0 Å². The molecule has 0 aliphatic rings. The van der Waals surface area contributed by atoms with Gasteiger partial charge in [-0.3, -0.25) is 4.79 Å². The number of thiazole rings is 1. The summed E-state index contributed by atoms with van der Waals surface area (Å²) in [5.41, 5.74) is 10.1. The second-order valence-electron chi connectivity index (χ2n) is 10.0. The van der Waals surface area contributed by atoms with Gasteiger partial charge in [0.15, 0.2) is 6.29 Å². The van der Waals surface area contributed by atoms with E-state index in [4.69, 9.17) is 4.98 Å². The molecule has 42 heavy (non-hydrogen) atoms. The number of fused-ring (bicyclic) bond motifs is 1. The van der Waals surface area contributed by atoms with Crippen molar-refractivity contribution in [1.29, 1.82) is 0 Å². The van der Waals surface area contributed by atoms with Gasteiger partial charge in [0, 0.05) is 33.1 Å². The Bertz CT molecular complexity index is 1950. The lowest BCUT2D eigenvalue weighted by Gasteiger charge is -2.25. The first-order valence-corrected chi connectivity index (χ1v) is 15.4. The van der Waals surface area contributed by atoms with Gasteiger partial charge in [0.25, 0.3) is 0 Å². The van der Waals surface area contributed by atoms with E-state index in [1.165, 1.54) is 21.6 Å². The van der Waals surface area contributed by atoms with Crippen LogP contribution in [0.1, 0.15) is 14.7 Å². The van der Waals surface area contributed by atoms with E-state index < -0.39 is 0 Å². The minimum Gasteiger partial charge on any atom is -0.311 e. The zero-order valence-corrected chi connectivity index (χ0v) is 24.5. The Kier molecular flexibility index (Phi) is 6.96. The molecule has 0 spiro atoms. The average Bonchev–Trinajstić information content (AvgIpc) is 3.69. The van der Waals surface area contributed by atoms with Crippen LogP contribution in [0.3, 0.4) is 0 Å². The summed E-state index contributed by atoms with van der Waals surface area (Å²) in [5, 5.41) is 1.05. The molecule has 2 aromatic heterocycles. The summed E-state index contributed by atoms with van der Waals surface area (Å²) >= 11 is 3.25. The van der Waals surface area contributed by atoms with Gasteiger partial charge in [-0.05, 0) is 72.1 Å². The fourth-order valence-corrected chi connectivity index (χ4v) is 7.16. The first-order valence-electron chi connectivity index (χ1n) is 13.7. The van der Waals surface area contributed by atoms with E-state index in [1.807, 2.05) is 24.3 Å². The molecule has 0 N–H and O–H groups in total. The van der Waals surface area contributed by atoms with Crippen LogP contribution in [0, 0.1) is 6.92 Å². The van der Waals surface area contributed by atoms with Gasteiger partial charge in [0.05, 0.1) is 20.1 Å². The molecule has 5 heteroatoms. The van der Waals surface area contributed by atoms with Crippen molar-refractivity contribution in [2.75, 3.05) is 4.90 Å². The Labute approximate surface area is 253 Å². The highest BCUT2D eigenvalue weighted by Gasteiger charge is 2.16. The maximum atomic E-state index is 11.1. The van der Waals surface area contributed by atoms with Gasteiger partial charge in [0.1, 0.15) is 0 Å². The minimum absolute atomic E-state index is 0.743. The van der Waals surface area contributed by atoms with Crippen LogP contribution in [0.2, 0.25) is 0 Å². The van der Waals surface area contributed by atoms with E-state index >= 15 is 0 Å². The molecule has 0 aliphatic carbocycles. The third kappa shape index (κ3) is 4.94. The first-order chi connectivity index (χ1) is 20.7. The molecule has 0 saturated carbocycles. The van der Waals surface area contributed by atoms with Crippen LogP contribution in [-0.4, -0.2) is 11.3 Å². The number of thiophene rings is 1. The van der Waals surface area contributed by atoms with E-state index in [0.29, 0.717) is 0 Å². The van der Waals surface area contributed by atoms with Gasteiger partial charge in [-0.25, -0.2) is 4.98 Å². The predicted octanol–water partition coefficient (Wildman–Crippen LogP) is 10.9. The fourth-order valence-electron chi connectivity index (χ4n) is 5.35. The van der Waals surface area contributed by atoms with Crippen LogP contribution in [0.4, 0.5) is 17.1 Å². The molecule has 7 rings (SSSR count). The number of carbonyl (C=O) groups excluding carboxylic acids is 1. The number of benzene rings is 5. The summed E-state index contributed by atoms with van der Waals surface area (Å²) in [4.78, 5) is 20.2. The van der Waals surface area contributed by atoms with Crippen molar-refractivity contribution >= 4 is 56.2 Å². The van der Waals surface area contributed by atoms with Crippen molar-refractivity contribution in [1.82, 2.24) is 4.98 Å². The summed E-state index contributed by atoms with van der Waals surface area (Å²) in [6.07, 6.45) is 0.906. The van der Waals surface area contributed by atoms with Crippen LogP contribution < -0.4 is 4.90 Å². The number of aryl methyl sites for hydroxylation is 1. The molecule has 0 aliphatic heterocycles. The van der Waals surface area contributed by atoms with Crippen molar-refractivity contribution in [3.05, 3.63) is 143 Å². The Hall–Kier alpha value is -4.84. The number of aldehydes is 1. The lowest BCUT2D eigenvalue weighted by atomic mass is 9.98. The van der Waals surface area contributed by atoms with Crippen LogP contribution in [0.15, 0.2) is 133 Å². The van der Waals surface area contributed by atoms with Crippen molar-refractivity contribution in [2.45, 2.75) is 6.92 Å². The second-order valence-corrected chi connectivity index (χ2v) is 12.3. The first kappa shape index (κ1) is 26.1. The van der Waals surface area contributed by atoms with E-state index in [2.05, 4.69) is 121 Å². The van der Waals surface area contributed by atoms with Crippen LogP contribution in [0.5, 0.6) is 0 Å². The van der Waals surface area contributed by atoms with Crippen LogP contribution >= 0.6 is 22.7 Å². The Morgan fingerprint density at radius 1 is 0.571 bits per heavy atom. The van der Waals surface area contributed by atoms with Gasteiger partial charge in [0.2, 0.25) is 0 Å². The third-order valence-corrected chi connectivity index (χ3v) is 9.40. The SMILES string of the molecule is Cc1nc2c(-c3ccc(N(c4ccccc4)c4ccccc4)cc3)ccc(-c3ccc(-c4ccc(C=O)s4)cc3)c2s1. The average molecular weight is 579 g/mol. The van der Waals surface area contributed by atoms with Crippen molar-refractivity contribution in [3.63, 3.8) is 0 Å². The fraction of sp³-hybridized carbons (Fsp3) is 0.0270. The smallest absolute Gasteiger partial charge is 0.160 e. The number of hydrogen-bond donors (Lipinski definition) is 0. The molecule has 0 radical (unpaired) electrons. The summed E-state index contributed by atoms with van der Waals surface area (Å²) in [7, 11) is 0. The summed E-state index contributed by atoms with van der Waals surface area (Å²) in [6, 6.07) is 46.6. The zero-order chi connectivity index (χ0) is 28.5. The van der Waals surface area contributed by atoms with Gasteiger partial charge in [-0.15, -0.1) is 22.7 Å². The molecular weight excluding hydrogens is 553 g/mol. The van der Waals surface area contributed by atoms with Crippen molar-refractivity contribution < 1.29 is 4.79 Å². The lowest BCUT2D eigenvalue weighted by molar-refractivity contribution is 0.112. The normalized spacial score (nSPS) is 11.1. The lowest BCUT2D eigenvalue weighted by Crippen LogP contribution is -2.09. The number of aromatic nitrogens is 1. The van der Waals surface area contributed by atoms with Crippen molar-refractivity contribution in [3.8, 4) is 32.7 Å². The molecule has 0 saturated heterocycles. The number of carbonyl (C=O) groups is 1. The van der Waals surface area contributed by atoms with E-state index in [1.54, 1.807) is 11.3 Å².